The Bertz CT molecular complexity index is 272. The average molecular weight is 443 g/mol. The molecule has 0 heterocycles. The van der Waals surface area contributed by atoms with Crippen LogP contribution in [-0.4, -0.2) is 112 Å². The second-order valence-corrected chi connectivity index (χ2v) is 6.30. The van der Waals surface area contributed by atoms with Gasteiger partial charge in [-0.1, -0.05) is 19.8 Å². The number of hydrogen-bond donors (Lipinski definition) is 0. The molecule has 0 spiro atoms. The van der Waals surface area contributed by atoms with Crippen molar-refractivity contribution in [1.29, 1.82) is 0 Å². The highest BCUT2D eigenvalue weighted by molar-refractivity contribution is 4.39. The Morgan fingerprint density at radius 3 is 0.900 bits per heavy atom. The molecule has 0 aliphatic rings. The Labute approximate surface area is 181 Å². The van der Waals surface area contributed by atoms with E-state index in [1.807, 2.05) is 0 Å². The third kappa shape index (κ3) is 27.6. The van der Waals surface area contributed by atoms with E-state index in [-0.39, 0.29) is 6.61 Å². The normalized spacial score (nSPS) is 11.4. The van der Waals surface area contributed by atoms with E-state index in [1.165, 1.54) is 12.8 Å². The second-order valence-electron chi connectivity index (χ2n) is 6.30. The minimum absolute atomic E-state index is 0.123. The van der Waals surface area contributed by atoms with Gasteiger partial charge in [-0.25, -0.2) is 4.39 Å². The highest BCUT2D eigenvalue weighted by Gasteiger charge is 1.95. The molecule has 0 atom stereocenters. The SMILES string of the molecule is CCCCCOCCOCCOCCOCCOCCOCCOCCOCCF. The molecular formula is C21H43FO8. The fourth-order valence-electron chi connectivity index (χ4n) is 2.15. The highest BCUT2D eigenvalue weighted by Crippen LogP contribution is 1.93. The van der Waals surface area contributed by atoms with Gasteiger partial charge in [0.2, 0.25) is 0 Å². The van der Waals surface area contributed by atoms with E-state index in [0.717, 1.165) is 13.0 Å². The van der Waals surface area contributed by atoms with Crippen molar-refractivity contribution in [2.24, 2.45) is 0 Å². The van der Waals surface area contributed by atoms with Gasteiger partial charge in [0, 0.05) is 6.61 Å². The summed E-state index contributed by atoms with van der Waals surface area (Å²) in [4.78, 5) is 0. The van der Waals surface area contributed by atoms with Gasteiger partial charge < -0.3 is 37.9 Å². The van der Waals surface area contributed by atoms with Crippen LogP contribution < -0.4 is 0 Å². The minimum atomic E-state index is -0.465. The molecule has 0 N–H and O–H groups in total. The van der Waals surface area contributed by atoms with Crippen molar-refractivity contribution in [2.75, 3.05) is 112 Å². The molecule has 9 heteroatoms. The maximum absolute atomic E-state index is 11.8. The number of ether oxygens (including phenoxy) is 8. The molecule has 0 radical (unpaired) electrons. The third-order valence-corrected chi connectivity index (χ3v) is 3.72. The molecule has 8 nitrogen and oxygen atoms in total. The van der Waals surface area contributed by atoms with Gasteiger partial charge in [0.05, 0.1) is 99.1 Å². The van der Waals surface area contributed by atoms with Gasteiger partial charge in [0.15, 0.2) is 0 Å². The summed E-state index contributed by atoms with van der Waals surface area (Å²) >= 11 is 0. The first-order valence-electron chi connectivity index (χ1n) is 11.1. The zero-order valence-corrected chi connectivity index (χ0v) is 18.8. The molecule has 30 heavy (non-hydrogen) atoms. The number of unbranched alkanes of at least 4 members (excludes halogenated alkanes) is 2. The van der Waals surface area contributed by atoms with Crippen LogP contribution in [0.15, 0.2) is 0 Å². The van der Waals surface area contributed by atoms with Gasteiger partial charge >= 0.3 is 0 Å². The first-order chi connectivity index (χ1) is 14.9. The van der Waals surface area contributed by atoms with Gasteiger partial charge in [0.1, 0.15) is 6.67 Å². The summed E-state index contributed by atoms with van der Waals surface area (Å²) < 4.78 is 54.4. The van der Waals surface area contributed by atoms with Crippen LogP contribution in [0.2, 0.25) is 0 Å². The molecule has 182 valence electrons. The van der Waals surface area contributed by atoms with Crippen molar-refractivity contribution in [3.8, 4) is 0 Å². The van der Waals surface area contributed by atoms with Crippen molar-refractivity contribution in [1.82, 2.24) is 0 Å². The Hall–Kier alpha value is -0.390. The van der Waals surface area contributed by atoms with E-state index >= 15 is 0 Å². The van der Waals surface area contributed by atoms with E-state index in [4.69, 9.17) is 37.9 Å². The Balaban J connectivity index is 2.97. The maximum atomic E-state index is 11.8. The van der Waals surface area contributed by atoms with E-state index in [0.29, 0.717) is 92.5 Å². The lowest BCUT2D eigenvalue weighted by molar-refractivity contribution is -0.0233. The van der Waals surface area contributed by atoms with Crippen molar-refractivity contribution < 1.29 is 42.3 Å². The summed E-state index contributed by atoms with van der Waals surface area (Å²) in [6.45, 7) is 10.0. The first-order valence-corrected chi connectivity index (χ1v) is 11.1. The van der Waals surface area contributed by atoms with E-state index in [9.17, 15) is 4.39 Å². The fourth-order valence-corrected chi connectivity index (χ4v) is 2.15. The molecule has 0 unspecified atom stereocenters. The van der Waals surface area contributed by atoms with Crippen LogP contribution in [0.1, 0.15) is 26.2 Å². The fraction of sp³-hybridized carbons (Fsp3) is 1.00. The first kappa shape index (κ1) is 29.6. The van der Waals surface area contributed by atoms with Gasteiger partial charge in [-0.3, -0.25) is 0 Å². The van der Waals surface area contributed by atoms with Crippen LogP contribution >= 0.6 is 0 Å². The molecule has 0 bridgehead atoms. The van der Waals surface area contributed by atoms with Gasteiger partial charge in [-0.05, 0) is 6.42 Å². The van der Waals surface area contributed by atoms with Crippen molar-refractivity contribution in [3.63, 3.8) is 0 Å². The summed E-state index contributed by atoms with van der Waals surface area (Å²) in [7, 11) is 0. The monoisotopic (exact) mass is 442 g/mol. The topological polar surface area (TPSA) is 73.8 Å². The molecule has 0 fully saturated rings. The van der Waals surface area contributed by atoms with E-state index in [2.05, 4.69) is 6.92 Å². The highest BCUT2D eigenvalue weighted by atomic mass is 19.1. The zero-order chi connectivity index (χ0) is 21.8. The second kappa shape index (κ2) is 28.6. The maximum Gasteiger partial charge on any atom is 0.113 e. The van der Waals surface area contributed by atoms with Crippen LogP contribution in [-0.2, 0) is 37.9 Å². The average Bonchev–Trinajstić information content (AvgIpc) is 2.76. The van der Waals surface area contributed by atoms with Crippen molar-refractivity contribution >= 4 is 0 Å². The molecule has 0 amide bonds. The van der Waals surface area contributed by atoms with Crippen LogP contribution in [0.4, 0.5) is 4.39 Å². The summed E-state index contributed by atoms with van der Waals surface area (Å²) in [6, 6.07) is 0. The summed E-state index contributed by atoms with van der Waals surface area (Å²) in [6.07, 6.45) is 3.55. The third-order valence-electron chi connectivity index (χ3n) is 3.72. The lowest BCUT2D eigenvalue weighted by Gasteiger charge is -2.08. The minimum Gasteiger partial charge on any atom is -0.379 e. The molecule has 0 aliphatic carbocycles. The van der Waals surface area contributed by atoms with Gasteiger partial charge in [-0.2, -0.15) is 0 Å². The van der Waals surface area contributed by atoms with Crippen LogP contribution in [0.25, 0.3) is 0 Å². The Morgan fingerprint density at radius 2 is 0.633 bits per heavy atom. The molecule has 0 aromatic heterocycles. The van der Waals surface area contributed by atoms with Crippen LogP contribution in [0, 0.1) is 0 Å². The molecule has 0 saturated heterocycles. The van der Waals surface area contributed by atoms with Crippen LogP contribution in [0.5, 0.6) is 0 Å². The van der Waals surface area contributed by atoms with Crippen LogP contribution in [0.3, 0.4) is 0 Å². The number of rotatable bonds is 27. The smallest absolute Gasteiger partial charge is 0.113 e. The number of halogens is 1. The summed E-state index contributed by atoms with van der Waals surface area (Å²) in [5, 5.41) is 0. The standard InChI is InChI=1S/C21H43FO8/c1-2-3-4-6-23-8-10-25-12-14-27-16-18-29-20-21-30-19-17-28-15-13-26-11-9-24-7-5-22/h2-21H2,1H3. The molecule has 0 aromatic rings. The molecule has 0 aromatic carbocycles. The van der Waals surface area contributed by atoms with Gasteiger partial charge in [0.25, 0.3) is 0 Å². The quantitative estimate of drug-likeness (QED) is 0.179. The molecular weight excluding hydrogens is 399 g/mol. The van der Waals surface area contributed by atoms with Gasteiger partial charge in [-0.15, -0.1) is 0 Å². The van der Waals surface area contributed by atoms with E-state index in [1.54, 1.807) is 0 Å². The Morgan fingerprint density at radius 1 is 0.367 bits per heavy atom. The summed E-state index contributed by atoms with van der Waals surface area (Å²) in [5.74, 6) is 0. The number of alkyl halides is 1. The zero-order valence-electron chi connectivity index (χ0n) is 18.8. The van der Waals surface area contributed by atoms with Crippen molar-refractivity contribution in [2.45, 2.75) is 26.2 Å². The largest absolute Gasteiger partial charge is 0.379 e. The molecule has 0 saturated carbocycles. The number of hydrogen-bond acceptors (Lipinski definition) is 8. The van der Waals surface area contributed by atoms with E-state index < -0.39 is 6.67 Å². The molecule has 0 aliphatic heterocycles. The predicted molar refractivity (Wildman–Crippen MR) is 112 cm³/mol. The lowest BCUT2D eigenvalue weighted by atomic mass is 10.3. The molecule has 0 rings (SSSR count). The summed E-state index contributed by atoms with van der Waals surface area (Å²) in [5.41, 5.74) is 0. The Kier molecular flexibility index (Phi) is 28.2. The predicted octanol–water partition coefficient (Wildman–Crippen LogP) is 2.28. The van der Waals surface area contributed by atoms with Crippen molar-refractivity contribution in [3.05, 3.63) is 0 Å². The lowest BCUT2D eigenvalue weighted by Crippen LogP contribution is -2.15.